The molecule has 18 heavy (non-hydrogen) atoms. The molecule has 0 aromatic heterocycles. The highest BCUT2D eigenvalue weighted by molar-refractivity contribution is 9.10. The minimum Gasteiger partial charge on any atom is -0.394 e. The lowest BCUT2D eigenvalue weighted by Gasteiger charge is -2.07. The monoisotopic (exact) mass is 335 g/mol. The average Bonchev–Trinajstić information content (AvgIpc) is 2.33. The Hall–Kier alpha value is -0.620. The Morgan fingerprint density at radius 2 is 2.22 bits per heavy atom. The van der Waals surface area contributed by atoms with Crippen LogP contribution in [-0.2, 0) is 4.74 Å². The van der Waals surface area contributed by atoms with Gasteiger partial charge in [0, 0.05) is 17.6 Å². The van der Waals surface area contributed by atoms with E-state index in [9.17, 15) is 4.79 Å². The Balaban J connectivity index is 2.32. The topological polar surface area (TPSA) is 58.6 Å². The molecule has 0 spiro atoms. The van der Waals surface area contributed by atoms with Gasteiger partial charge >= 0.3 is 0 Å². The van der Waals surface area contributed by atoms with Gasteiger partial charge in [0.05, 0.1) is 23.8 Å². The van der Waals surface area contributed by atoms with E-state index in [0.717, 1.165) is 4.47 Å². The number of carbonyl (C=O) groups excluding carboxylic acids is 1. The van der Waals surface area contributed by atoms with E-state index in [2.05, 4.69) is 21.2 Å². The summed E-state index contributed by atoms with van der Waals surface area (Å²) in [4.78, 5) is 11.8. The normalized spacial score (nSPS) is 10.4. The van der Waals surface area contributed by atoms with Gasteiger partial charge in [-0.25, -0.2) is 0 Å². The number of ether oxygens (including phenoxy) is 1. The molecule has 100 valence electrons. The third kappa shape index (κ3) is 5.35. The van der Waals surface area contributed by atoms with E-state index in [-0.39, 0.29) is 12.5 Å². The lowest BCUT2D eigenvalue weighted by atomic mass is 10.2. The van der Waals surface area contributed by atoms with E-state index in [1.807, 2.05) is 0 Å². The fourth-order valence-corrected chi connectivity index (χ4v) is 2.07. The van der Waals surface area contributed by atoms with E-state index in [0.29, 0.717) is 36.8 Å². The predicted octanol–water partition coefficient (Wildman–Crippen LogP) is 2.23. The minimum absolute atomic E-state index is 0.0147. The molecule has 2 N–H and O–H groups in total. The van der Waals surface area contributed by atoms with Crippen LogP contribution in [0.4, 0.5) is 0 Å². The lowest BCUT2D eigenvalue weighted by Crippen LogP contribution is -2.25. The van der Waals surface area contributed by atoms with Gasteiger partial charge in [-0.15, -0.1) is 0 Å². The molecular weight excluding hydrogens is 321 g/mol. The molecule has 1 aromatic rings. The first kappa shape index (κ1) is 15.4. The van der Waals surface area contributed by atoms with E-state index in [1.165, 1.54) is 0 Å². The Bertz CT molecular complexity index is 401. The van der Waals surface area contributed by atoms with Gasteiger partial charge in [0.1, 0.15) is 0 Å². The predicted molar refractivity (Wildman–Crippen MR) is 74.0 cm³/mol. The van der Waals surface area contributed by atoms with Crippen molar-refractivity contribution in [3.8, 4) is 0 Å². The molecule has 0 fully saturated rings. The first-order chi connectivity index (χ1) is 8.65. The molecule has 0 unspecified atom stereocenters. The second-order valence-electron chi connectivity index (χ2n) is 3.57. The number of amides is 1. The van der Waals surface area contributed by atoms with Crippen LogP contribution in [0.1, 0.15) is 16.8 Å². The van der Waals surface area contributed by atoms with E-state index >= 15 is 0 Å². The van der Waals surface area contributed by atoms with Crippen molar-refractivity contribution in [3.05, 3.63) is 33.3 Å². The maximum Gasteiger partial charge on any atom is 0.252 e. The number of carbonyl (C=O) groups is 1. The SMILES string of the molecule is O=C(NCCCOCCO)c1ccc(Br)cc1Cl. The number of hydrogen-bond acceptors (Lipinski definition) is 3. The molecule has 0 aliphatic rings. The zero-order chi connectivity index (χ0) is 13.4. The van der Waals surface area contributed by atoms with Crippen molar-refractivity contribution in [2.24, 2.45) is 0 Å². The summed E-state index contributed by atoms with van der Waals surface area (Å²) in [5.41, 5.74) is 0.455. The van der Waals surface area contributed by atoms with Crippen LogP contribution in [0.5, 0.6) is 0 Å². The van der Waals surface area contributed by atoms with Gasteiger partial charge in [-0.1, -0.05) is 27.5 Å². The van der Waals surface area contributed by atoms with Gasteiger partial charge in [-0.2, -0.15) is 0 Å². The lowest BCUT2D eigenvalue weighted by molar-refractivity contribution is 0.0867. The quantitative estimate of drug-likeness (QED) is 0.751. The Labute approximate surface area is 119 Å². The first-order valence-electron chi connectivity index (χ1n) is 5.57. The summed E-state index contributed by atoms with van der Waals surface area (Å²) >= 11 is 9.24. The Morgan fingerprint density at radius 1 is 1.44 bits per heavy atom. The summed E-state index contributed by atoms with van der Waals surface area (Å²) in [6.45, 7) is 1.36. The number of benzene rings is 1. The van der Waals surface area contributed by atoms with Gasteiger partial charge in [0.2, 0.25) is 0 Å². The highest BCUT2D eigenvalue weighted by Gasteiger charge is 2.09. The summed E-state index contributed by atoms with van der Waals surface area (Å²) < 4.78 is 5.91. The summed E-state index contributed by atoms with van der Waals surface area (Å²) in [6, 6.07) is 5.12. The van der Waals surface area contributed by atoms with Gasteiger partial charge < -0.3 is 15.2 Å². The maximum atomic E-state index is 11.8. The third-order valence-electron chi connectivity index (χ3n) is 2.16. The highest BCUT2D eigenvalue weighted by Crippen LogP contribution is 2.21. The fourth-order valence-electron chi connectivity index (χ4n) is 1.31. The number of halogens is 2. The van der Waals surface area contributed by atoms with E-state index in [1.54, 1.807) is 18.2 Å². The highest BCUT2D eigenvalue weighted by atomic mass is 79.9. The second kappa shape index (κ2) is 8.48. The van der Waals surface area contributed by atoms with Crippen LogP contribution in [0.2, 0.25) is 5.02 Å². The van der Waals surface area contributed by atoms with E-state index < -0.39 is 0 Å². The van der Waals surface area contributed by atoms with Gasteiger partial charge in [0.25, 0.3) is 5.91 Å². The third-order valence-corrected chi connectivity index (χ3v) is 2.97. The molecule has 0 aliphatic carbocycles. The molecule has 0 atom stereocenters. The van der Waals surface area contributed by atoms with Crippen molar-refractivity contribution in [2.75, 3.05) is 26.4 Å². The molecule has 0 saturated heterocycles. The molecule has 1 rings (SSSR count). The molecule has 0 aliphatic heterocycles. The van der Waals surface area contributed by atoms with Crippen LogP contribution >= 0.6 is 27.5 Å². The van der Waals surface area contributed by atoms with Crippen molar-refractivity contribution < 1.29 is 14.6 Å². The summed E-state index contributed by atoms with van der Waals surface area (Å²) in [5, 5.41) is 11.7. The Morgan fingerprint density at radius 3 is 2.89 bits per heavy atom. The molecule has 0 bridgehead atoms. The zero-order valence-corrected chi connectivity index (χ0v) is 12.1. The van der Waals surface area contributed by atoms with Crippen molar-refractivity contribution in [3.63, 3.8) is 0 Å². The van der Waals surface area contributed by atoms with Crippen LogP contribution in [0.25, 0.3) is 0 Å². The number of aliphatic hydroxyl groups excluding tert-OH is 1. The fraction of sp³-hybridized carbons (Fsp3) is 0.417. The number of aliphatic hydroxyl groups is 1. The van der Waals surface area contributed by atoms with Gasteiger partial charge in [0.15, 0.2) is 0 Å². The molecule has 0 heterocycles. The minimum atomic E-state index is -0.199. The van der Waals surface area contributed by atoms with Crippen LogP contribution in [0.15, 0.2) is 22.7 Å². The molecule has 6 heteroatoms. The van der Waals surface area contributed by atoms with Gasteiger partial charge in [-0.05, 0) is 24.6 Å². The molecule has 4 nitrogen and oxygen atoms in total. The molecule has 1 amide bonds. The van der Waals surface area contributed by atoms with Crippen LogP contribution in [-0.4, -0.2) is 37.4 Å². The van der Waals surface area contributed by atoms with Crippen molar-refractivity contribution in [2.45, 2.75) is 6.42 Å². The maximum absolute atomic E-state index is 11.8. The van der Waals surface area contributed by atoms with Crippen molar-refractivity contribution >= 4 is 33.4 Å². The van der Waals surface area contributed by atoms with Crippen LogP contribution < -0.4 is 5.32 Å². The molecule has 0 saturated carbocycles. The van der Waals surface area contributed by atoms with E-state index in [4.69, 9.17) is 21.4 Å². The van der Waals surface area contributed by atoms with Crippen LogP contribution in [0.3, 0.4) is 0 Å². The zero-order valence-electron chi connectivity index (χ0n) is 9.79. The van der Waals surface area contributed by atoms with Crippen LogP contribution in [0, 0.1) is 0 Å². The standard InChI is InChI=1S/C12H15BrClNO3/c13-9-2-3-10(11(14)8-9)12(17)15-4-1-6-18-7-5-16/h2-3,8,16H,1,4-7H2,(H,15,17). The average molecular weight is 337 g/mol. The smallest absolute Gasteiger partial charge is 0.252 e. The molecule has 0 radical (unpaired) electrons. The summed E-state index contributed by atoms with van der Waals surface area (Å²) in [6.07, 6.45) is 0.694. The number of rotatable bonds is 7. The summed E-state index contributed by atoms with van der Waals surface area (Å²) in [5.74, 6) is -0.199. The number of nitrogens with one attached hydrogen (secondary N) is 1. The van der Waals surface area contributed by atoms with Gasteiger partial charge in [-0.3, -0.25) is 4.79 Å². The molecular formula is C12H15BrClNO3. The van der Waals surface area contributed by atoms with Crippen molar-refractivity contribution in [1.82, 2.24) is 5.32 Å². The Kier molecular flexibility index (Phi) is 7.27. The molecule has 1 aromatic carbocycles. The first-order valence-corrected chi connectivity index (χ1v) is 6.74. The summed E-state index contributed by atoms with van der Waals surface area (Å²) in [7, 11) is 0. The largest absolute Gasteiger partial charge is 0.394 e. The van der Waals surface area contributed by atoms with Crippen molar-refractivity contribution in [1.29, 1.82) is 0 Å². The second-order valence-corrected chi connectivity index (χ2v) is 4.89. The number of hydrogen-bond donors (Lipinski definition) is 2.